The molecule has 0 bridgehead atoms. The normalized spacial score (nSPS) is 11.5. The zero-order chi connectivity index (χ0) is 23.0. The highest BCUT2D eigenvalue weighted by molar-refractivity contribution is 6.04. The number of nitrogens with zero attached hydrogens (tertiary/aromatic N) is 3. The molecule has 3 aromatic heterocycles. The van der Waals surface area contributed by atoms with Crippen molar-refractivity contribution in [2.45, 2.75) is 13.1 Å². The van der Waals surface area contributed by atoms with Crippen LogP contribution in [0.15, 0.2) is 53.5 Å². The predicted molar refractivity (Wildman–Crippen MR) is 110 cm³/mol. The molecule has 11 heteroatoms. The Labute approximate surface area is 178 Å². The number of benzene rings is 1. The van der Waals surface area contributed by atoms with E-state index in [4.69, 9.17) is 4.74 Å². The van der Waals surface area contributed by atoms with Gasteiger partial charge in [0.15, 0.2) is 5.65 Å². The summed E-state index contributed by atoms with van der Waals surface area (Å²) in [7, 11) is 1.43. The minimum absolute atomic E-state index is 0.0275. The van der Waals surface area contributed by atoms with Crippen LogP contribution in [0.25, 0.3) is 16.8 Å². The van der Waals surface area contributed by atoms with Gasteiger partial charge in [0.25, 0.3) is 11.5 Å². The fraction of sp³-hybridized carbons (Fsp3) is 0.143. The van der Waals surface area contributed by atoms with Crippen molar-refractivity contribution in [1.29, 1.82) is 0 Å². The molecule has 2 N–H and O–H groups in total. The number of hydrogen-bond acceptors (Lipinski definition) is 5. The van der Waals surface area contributed by atoms with E-state index >= 15 is 0 Å². The summed E-state index contributed by atoms with van der Waals surface area (Å²) in [4.78, 5) is 34.0. The number of amides is 1. The van der Waals surface area contributed by atoms with Crippen molar-refractivity contribution in [2.24, 2.45) is 0 Å². The van der Waals surface area contributed by atoms with E-state index in [9.17, 15) is 22.8 Å². The standard InChI is InChI=1S/C21H16F3N5O3/c1-11-15(19(30)27-14-10-13(32-2)8-9-25-14)20(31)29-18(26-11)16(12-6-4-3-5-7-12)17(28-29)21(22,23)24/h3-10,28H,1-2H3,(H,25,27,30). The number of nitrogens with one attached hydrogen (secondary N) is 2. The van der Waals surface area contributed by atoms with Gasteiger partial charge in [0.1, 0.15) is 22.8 Å². The Bertz CT molecular complexity index is 1380. The number of aromatic amines is 1. The lowest BCUT2D eigenvalue weighted by molar-refractivity contribution is -0.140. The number of aryl methyl sites for hydroxylation is 1. The van der Waals surface area contributed by atoms with Crippen LogP contribution in [0, 0.1) is 6.92 Å². The van der Waals surface area contributed by atoms with Gasteiger partial charge < -0.3 is 10.1 Å². The van der Waals surface area contributed by atoms with Crippen LogP contribution in [-0.2, 0) is 6.18 Å². The van der Waals surface area contributed by atoms with Gasteiger partial charge in [-0.3, -0.25) is 14.7 Å². The Morgan fingerprint density at radius 2 is 1.91 bits per heavy atom. The van der Waals surface area contributed by atoms with Crippen LogP contribution in [0.4, 0.5) is 19.0 Å². The molecule has 1 aromatic carbocycles. The van der Waals surface area contributed by atoms with E-state index in [2.05, 4.69) is 20.4 Å². The van der Waals surface area contributed by atoms with Crippen molar-refractivity contribution < 1.29 is 22.7 Å². The van der Waals surface area contributed by atoms with Gasteiger partial charge in [-0.1, -0.05) is 30.3 Å². The number of carbonyl (C=O) groups excluding carboxylic acids is 1. The molecular weight excluding hydrogens is 427 g/mol. The molecule has 4 rings (SSSR count). The third-order valence-electron chi connectivity index (χ3n) is 4.74. The molecule has 164 valence electrons. The Kier molecular flexibility index (Phi) is 5.17. The molecule has 8 nitrogen and oxygen atoms in total. The van der Waals surface area contributed by atoms with Crippen LogP contribution in [0.1, 0.15) is 21.7 Å². The van der Waals surface area contributed by atoms with E-state index in [1.165, 1.54) is 38.4 Å². The number of rotatable bonds is 4. The number of methoxy groups -OCH3 is 1. The van der Waals surface area contributed by atoms with Crippen LogP contribution in [0.5, 0.6) is 5.75 Å². The first-order chi connectivity index (χ1) is 15.2. The Hall–Kier alpha value is -4.15. The number of carbonyl (C=O) groups is 1. The average Bonchev–Trinajstić information content (AvgIpc) is 3.14. The van der Waals surface area contributed by atoms with Gasteiger partial charge in [0.05, 0.1) is 18.4 Å². The third kappa shape index (κ3) is 3.68. The highest BCUT2D eigenvalue weighted by Crippen LogP contribution is 2.38. The predicted octanol–water partition coefficient (Wildman–Crippen LogP) is 3.67. The van der Waals surface area contributed by atoms with E-state index in [1.54, 1.807) is 24.3 Å². The summed E-state index contributed by atoms with van der Waals surface area (Å²) in [6.07, 6.45) is -3.39. The number of anilines is 1. The second-order valence-corrected chi connectivity index (χ2v) is 6.80. The van der Waals surface area contributed by atoms with Crippen molar-refractivity contribution >= 4 is 17.4 Å². The summed E-state index contributed by atoms with van der Waals surface area (Å²) < 4.78 is 46.9. The number of halogens is 3. The van der Waals surface area contributed by atoms with E-state index in [-0.39, 0.29) is 28.3 Å². The van der Waals surface area contributed by atoms with E-state index in [0.717, 1.165) is 0 Å². The lowest BCUT2D eigenvalue weighted by Crippen LogP contribution is -2.29. The fourth-order valence-corrected chi connectivity index (χ4v) is 3.31. The van der Waals surface area contributed by atoms with Crippen molar-refractivity contribution in [3.63, 3.8) is 0 Å². The number of hydrogen-bond donors (Lipinski definition) is 2. The monoisotopic (exact) mass is 443 g/mol. The van der Waals surface area contributed by atoms with Crippen molar-refractivity contribution in [3.05, 3.63) is 76.0 Å². The molecule has 4 aromatic rings. The summed E-state index contributed by atoms with van der Waals surface area (Å²) in [6, 6.07) is 10.8. The topological polar surface area (TPSA) is 101 Å². The minimum Gasteiger partial charge on any atom is -0.497 e. The van der Waals surface area contributed by atoms with Crippen LogP contribution in [0.3, 0.4) is 0 Å². The molecule has 0 saturated carbocycles. The molecule has 0 spiro atoms. The van der Waals surface area contributed by atoms with Gasteiger partial charge in [0, 0.05) is 12.3 Å². The largest absolute Gasteiger partial charge is 0.497 e. The fourth-order valence-electron chi connectivity index (χ4n) is 3.31. The zero-order valence-corrected chi connectivity index (χ0v) is 16.8. The lowest BCUT2D eigenvalue weighted by Gasteiger charge is -2.08. The van der Waals surface area contributed by atoms with Gasteiger partial charge in [-0.25, -0.2) is 9.97 Å². The van der Waals surface area contributed by atoms with E-state index in [1.807, 2.05) is 0 Å². The molecule has 0 radical (unpaired) electrons. The quantitative estimate of drug-likeness (QED) is 0.501. The lowest BCUT2D eigenvalue weighted by atomic mass is 10.1. The maximum atomic E-state index is 13.7. The molecule has 0 fully saturated rings. The van der Waals surface area contributed by atoms with E-state index < -0.39 is 28.9 Å². The number of aromatic nitrogens is 4. The van der Waals surface area contributed by atoms with Gasteiger partial charge >= 0.3 is 6.18 Å². The summed E-state index contributed by atoms with van der Waals surface area (Å²) in [6.45, 7) is 1.38. The zero-order valence-electron chi connectivity index (χ0n) is 16.8. The molecule has 0 saturated heterocycles. The summed E-state index contributed by atoms with van der Waals surface area (Å²) in [5.41, 5.74) is -2.84. The minimum atomic E-state index is -4.79. The van der Waals surface area contributed by atoms with Crippen LogP contribution in [-0.4, -0.2) is 32.6 Å². The number of fused-ring (bicyclic) bond motifs is 1. The SMILES string of the molecule is COc1ccnc(NC(=O)c2c(C)nc3c(-c4ccccc4)c(C(F)(F)F)[nH]n3c2=O)c1. The molecule has 0 aliphatic heterocycles. The van der Waals surface area contributed by atoms with Crippen molar-refractivity contribution in [2.75, 3.05) is 12.4 Å². The molecule has 32 heavy (non-hydrogen) atoms. The molecule has 3 heterocycles. The maximum absolute atomic E-state index is 13.7. The molecule has 0 unspecified atom stereocenters. The Balaban J connectivity index is 1.88. The molecule has 0 aliphatic carbocycles. The molecular formula is C21H16F3N5O3. The number of ether oxygens (including phenoxy) is 1. The number of alkyl halides is 3. The number of H-pyrrole nitrogens is 1. The van der Waals surface area contributed by atoms with E-state index in [0.29, 0.717) is 10.3 Å². The van der Waals surface area contributed by atoms with Gasteiger partial charge in [-0.15, -0.1) is 0 Å². The smallest absolute Gasteiger partial charge is 0.433 e. The second-order valence-electron chi connectivity index (χ2n) is 6.80. The van der Waals surface area contributed by atoms with Gasteiger partial charge in [-0.2, -0.15) is 17.7 Å². The van der Waals surface area contributed by atoms with Crippen LogP contribution >= 0.6 is 0 Å². The highest BCUT2D eigenvalue weighted by Gasteiger charge is 2.38. The Morgan fingerprint density at radius 3 is 2.56 bits per heavy atom. The van der Waals surface area contributed by atoms with Crippen molar-refractivity contribution in [3.8, 4) is 16.9 Å². The Morgan fingerprint density at radius 1 is 1.19 bits per heavy atom. The first kappa shape index (κ1) is 21.1. The maximum Gasteiger partial charge on any atom is 0.433 e. The van der Waals surface area contributed by atoms with Crippen LogP contribution < -0.4 is 15.6 Å². The number of pyridine rings is 1. The van der Waals surface area contributed by atoms with Crippen LogP contribution in [0.2, 0.25) is 0 Å². The highest BCUT2D eigenvalue weighted by atomic mass is 19.4. The summed E-state index contributed by atoms with van der Waals surface area (Å²) in [5.74, 6) is -0.339. The first-order valence-electron chi connectivity index (χ1n) is 9.30. The molecule has 1 amide bonds. The van der Waals surface area contributed by atoms with Crippen molar-refractivity contribution in [1.82, 2.24) is 19.6 Å². The molecule has 0 atom stereocenters. The molecule has 0 aliphatic rings. The summed E-state index contributed by atoms with van der Waals surface area (Å²) in [5, 5.41) is 4.52. The van der Waals surface area contributed by atoms with Gasteiger partial charge in [0.2, 0.25) is 0 Å². The second kappa shape index (κ2) is 7.84. The summed E-state index contributed by atoms with van der Waals surface area (Å²) >= 11 is 0. The third-order valence-corrected chi connectivity index (χ3v) is 4.74. The average molecular weight is 443 g/mol. The van der Waals surface area contributed by atoms with Gasteiger partial charge in [-0.05, 0) is 18.6 Å². The first-order valence-corrected chi connectivity index (χ1v) is 9.30.